The van der Waals surface area contributed by atoms with Crippen molar-refractivity contribution in [3.8, 4) is 11.5 Å². The molecule has 6 saturated carbocycles. The summed E-state index contributed by atoms with van der Waals surface area (Å²) < 4.78 is 24.4. The molecular formula is C52H66O10. The first-order valence-corrected chi connectivity index (χ1v) is 23.6. The number of phenols is 2. The summed E-state index contributed by atoms with van der Waals surface area (Å²) in [6.07, 6.45) is 10.2. The number of carbonyl (C=O) groups excluding carboxylic acids is 4. The Balaban J connectivity index is 0.907. The van der Waals surface area contributed by atoms with E-state index in [0.717, 1.165) is 77.0 Å². The monoisotopic (exact) mass is 850 g/mol. The van der Waals surface area contributed by atoms with Crippen LogP contribution < -0.4 is 0 Å². The van der Waals surface area contributed by atoms with Crippen LogP contribution in [0.4, 0.5) is 0 Å². The van der Waals surface area contributed by atoms with Crippen molar-refractivity contribution in [3.63, 3.8) is 0 Å². The van der Waals surface area contributed by atoms with Gasteiger partial charge in [0.1, 0.15) is 34.5 Å². The number of benzene rings is 2. The minimum Gasteiger partial charge on any atom is -0.508 e. The van der Waals surface area contributed by atoms with Crippen LogP contribution in [-0.2, 0) is 51.0 Å². The van der Waals surface area contributed by atoms with Crippen molar-refractivity contribution in [2.45, 2.75) is 143 Å². The second-order valence-corrected chi connectivity index (χ2v) is 22.6. The molecule has 0 spiro atoms. The van der Waals surface area contributed by atoms with E-state index in [1.54, 1.807) is 12.1 Å². The molecule has 62 heavy (non-hydrogen) atoms. The topological polar surface area (TPSA) is 146 Å². The molecule has 2 aromatic rings. The second-order valence-electron chi connectivity index (χ2n) is 22.6. The lowest BCUT2D eigenvalue weighted by atomic mass is 9.55. The maximum absolute atomic E-state index is 14.9. The Labute approximate surface area is 366 Å². The number of esters is 4. The lowest BCUT2D eigenvalue weighted by Crippen LogP contribution is -2.47. The minimum absolute atomic E-state index is 0.248. The molecule has 0 saturated heterocycles. The summed E-state index contributed by atoms with van der Waals surface area (Å²) in [7, 11) is 2.56. The van der Waals surface area contributed by atoms with Crippen LogP contribution in [0.2, 0.25) is 0 Å². The molecule has 2 unspecified atom stereocenters. The molecular weight excluding hydrogens is 785 g/mol. The average Bonchev–Trinajstić information content (AvgIpc) is 3.78. The molecule has 10 nitrogen and oxygen atoms in total. The SMILES string of the molecule is COC(=O)[C@]1([C@@]2(C(=O)OC)C(C(=O)O[C@H]3CC[C@H]4[C@@H]5CCc6cc(O)ccc6[C@H]5CC[C@]34C)C2(C)C)C(C(=O)O[C@H]2CC[C@H]3[C@@H]4CCc5cc(O)ccc5[C@H]4CC[C@]23C)C1(C)C. The number of aryl methyl sites for hydroxylation is 2. The molecule has 2 N–H and O–H groups in total. The first kappa shape index (κ1) is 41.9. The fourth-order valence-electron chi connectivity index (χ4n) is 17.2. The van der Waals surface area contributed by atoms with Crippen LogP contribution in [0, 0.1) is 68.0 Å². The van der Waals surface area contributed by atoms with E-state index in [0.29, 0.717) is 47.0 Å². The predicted octanol–water partition coefficient (Wildman–Crippen LogP) is 8.96. The number of ether oxygens (including phenoxy) is 4. The quantitative estimate of drug-likeness (QED) is 0.205. The standard InChI is InChI=1S/C52H66O10/c1-47(2)41(43(55)61-39-19-17-37-35-13-9-27-25-29(53)11-15-31(27)33(35)21-23-49(37,39)5)51(47,45(57)59-7)52(46(58)60-8)42(48(52,3)4)44(56)62-40-20-18-38-36-14-10-28-26-30(54)12-16-32(28)34(36)22-24-50(38,40)6/h11-12,15-16,25-26,33-42,53-54H,9-10,13-14,17-24H2,1-8H3/t33-,34-,35-,36-,37+,38+,39+,40+,41?,42?,49+,50+,51-,52-/m1/s1. The van der Waals surface area contributed by atoms with Gasteiger partial charge >= 0.3 is 23.9 Å². The van der Waals surface area contributed by atoms with E-state index < -0.39 is 57.4 Å². The number of hydrogen-bond acceptors (Lipinski definition) is 10. The highest BCUT2D eigenvalue weighted by molar-refractivity contribution is 6.05. The van der Waals surface area contributed by atoms with Gasteiger partial charge < -0.3 is 29.2 Å². The van der Waals surface area contributed by atoms with Crippen molar-refractivity contribution in [2.24, 2.45) is 68.0 Å². The van der Waals surface area contributed by atoms with Gasteiger partial charge in [-0.1, -0.05) is 53.7 Å². The highest BCUT2D eigenvalue weighted by Gasteiger charge is 3.00. The van der Waals surface area contributed by atoms with Gasteiger partial charge in [0.2, 0.25) is 0 Å². The van der Waals surface area contributed by atoms with Gasteiger partial charge in [-0.05, 0) is 170 Å². The molecule has 8 aliphatic rings. The Morgan fingerprint density at radius 3 is 1.31 bits per heavy atom. The Hall–Kier alpha value is -4.08. The van der Waals surface area contributed by atoms with E-state index in [1.807, 2.05) is 39.8 Å². The first-order valence-electron chi connectivity index (χ1n) is 23.6. The highest BCUT2D eigenvalue weighted by Crippen LogP contribution is 2.90. The van der Waals surface area contributed by atoms with E-state index in [9.17, 15) is 29.4 Å². The zero-order chi connectivity index (χ0) is 44.1. The predicted molar refractivity (Wildman–Crippen MR) is 229 cm³/mol. The van der Waals surface area contributed by atoms with Crippen LogP contribution in [0.15, 0.2) is 36.4 Å². The van der Waals surface area contributed by atoms with Gasteiger partial charge in [0.25, 0.3) is 0 Å². The molecule has 0 aromatic heterocycles. The summed E-state index contributed by atoms with van der Waals surface area (Å²) in [5.74, 6) is -1.52. The molecule has 0 heterocycles. The lowest BCUT2D eigenvalue weighted by Gasteiger charge is -2.50. The smallest absolute Gasteiger partial charge is 0.314 e. The number of hydrogen-bond donors (Lipinski definition) is 2. The van der Waals surface area contributed by atoms with Crippen LogP contribution in [0.3, 0.4) is 0 Å². The zero-order valence-corrected chi connectivity index (χ0v) is 37.9. The van der Waals surface area contributed by atoms with Crippen LogP contribution in [-0.4, -0.2) is 60.5 Å². The summed E-state index contributed by atoms with van der Waals surface area (Å²) in [4.78, 5) is 59.1. The number of fused-ring (bicyclic) bond motifs is 10. The number of rotatable bonds is 7. The van der Waals surface area contributed by atoms with Crippen molar-refractivity contribution in [1.82, 2.24) is 0 Å². The number of phenolic OH excluding ortho intramolecular Hbond substituents is 2. The van der Waals surface area contributed by atoms with Crippen molar-refractivity contribution < 1.29 is 48.3 Å². The Morgan fingerprint density at radius 2 is 0.935 bits per heavy atom. The molecule has 8 aliphatic carbocycles. The normalized spacial score (nSPS) is 42.3. The molecule has 0 bridgehead atoms. The van der Waals surface area contributed by atoms with Gasteiger partial charge in [0, 0.05) is 10.8 Å². The number of aromatic hydroxyl groups is 2. The largest absolute Gasteiger partial charge is 0.508 e. The molecule has 6 fully saturated rings. The summed E-state index contributed by atoms with van der Waals surface area (Å²) in [5, 5.41) is 20.3. The summed E-state index contributed by atoms with van der Waals surface area (Å²) in [6.45, 7) is 11.8. The molecule has 0 amide bonds. The molecule has 10 rings (SSSR count). The van der Waals surface area contributed by atoms with Crippen LogP contribution in [0.1, 0.15) is 140 Å². The Bertz CT molecular complexity index is 2090. The Morgan fingerprint density at radius 1 is 0.548 bits per heavy atom. The van der Waals surface area contributed by atoms with E-state index in [-0.39, 0.29) is 23.0 Å². The van der Waals surface area contributed by atoms with Gasteiger partial charge in [-0.3, -0.25) is 19.2 Å². The molecule has 0 radical (unpaired) electrons. The minimum atomic E-state index is -1.73. The van der Waals surface area contributed by atoms with E-state index in [4.69, 9.17) is 18.9 Å². The summed E-state index contributed by atoms with van der Waals surface area (Å²) in [5.41, 5.74) is -1.03. The molecule has 334 valence electrons. The third-order valence-electron chi connectivity index (χ3n) is 20.0. The van der Waals surface area contributed by atoms with Gasteiger partial charge in [-0.2, -0.15) is 0 Å². The van der Waals surface area contributed by atoms with Crippen LogP contribution in [0.5, 0.6) is 11.5 Å². The van der Waals surface area contributed by atoms with Crippen molar-refractivity contribution in [2.75, 3.05) is 14.2 Å². The highest BCUT2D eigenvalue weighted by atomic mass is 16.6. The number of methoxy groups -OCH3 is 2. The maximum atomic E-state index is 14.9. The second kappa shape index (κ2) is 13.7. The maximum Gasteiger partial charge on any atom is 0.314 e. The Kier molecular flexibility index (Phi) is 9.27. The van der Waals surface area contributed by atoms with E-state index >= 15 is 0 Å². The van der Waals surface area contributed by atoms with E-state index in [1.165, 1.54) is 36.5 Å². The van der Waals surface area contributed by atoms with Gasteiger partial charge in [0.15, 0.2) is 0 Å². The fourth-order valence-corrected chi connectivity index (χ4v) is 17.2. The van der Waals surface area contributed by atoms with E-state index in [2.05, 4.69) is 26.0 Å². The molecule has 14 atom stereocenters. The third kappa shape index (κ3) is 5.15. The van der Waals surface area contributed by atoms with Crippen molar-refractivity contribution in [3.05, 3.63) is 58.7 Å². The molecule has 0 aliphatic heterocycles. The van der Waals surface area contributed by atoms with Crippen molar-refractivity contribution in [1.29, 1.82) is 0 Å². The average molecular weight is 851 g/mol. The fraction of sp³-hybridized carbons (Fsp3) is 0.692. The van der Waals surface area contributed by atoms with Gasteiger partial charge in [0.05, 0.1) is 26.1 Å². The van der Waals surface area contributed by atoms with Gasteiger partial charge in [-0.15, -0.1) is 0 Å². The zero-order valence-electron chi connectivity index (χ0n) is 37.9. The third-order valence-corrected chi connectivity index (χ3v) is 20.0. The van der Waals surface area contributed by atoms with Gasteiger partial charge in [-0.25, -0.2) is 0 Å². The summed E-state index contributed by atoms with van der Waals surface area (Å²) >= 11 is 0. The first-order chi connectivity index (χ1) is 29.4. The lowest BCUT2D eigenvalue weighted by molar-refractivity contribution is -0.174. The molecule has 2 aromatic carbocycles. The molecule has 10 heteroatoms. The number of carbonyl (C=O) groups is 4. The van der Waals surface area contributed by atoms with Crippen LogP contribution >= 0.6 is 0 Å². The summed E-state index contributed by atoms with van der Waals surface area (Å²) in [6, 6.07) is 11.6. The van der Waals surface area contributed by atoms with Crippen LogP contribution in [0.25, 0.3) is 0 Å². The van der Waals surface area contributed by atoms with Crippen molar-refractivity contribution >= 4 is 23.9 Å².